The van der Waals surface area contributed by atoms with Crippen molar-refractivity contribution < 1.29 is 0 Å². The first-order valence-electron chi connectivity index (χ1n) is 17.2. The molecule has 1 aliphatic carbocycles. The number of anilines is 3. The van der Waals surface area contributed by atoms with Gasteiger partial charge in [0.1, 0.15) is 0 Å². The number of fused-ring (bicyclic) bond motifs is 11. The molecule has 0 fully saturated rings. The SMILES string of the molecule is c1ccc(-n2c3ccccc3c3c4cccc(N(c5ccc6c(c5)Cc5ccccc5-6)c5ccc6c(c5)sc5ccccc56)c4ccc32)cc1. The summed E-state index contributed by atoms with van der Waals surface area (Å²) in [7, 11) is 0. The van der Waals surface area contributed by atoms with Crippen LogP contribution < -0.4 is 4.90 Å². The summed E-state index contributed by atoms with van der Waals surface area (Å²) in [6.07, 6.45) is 0.956. The minimum Gasteiger partial charge on any atom is -0.310 e. The molecule has 0 bridgehead atoms. The van der Waals surface area contributed by atoms with Crippen LogP contribution in [0.3, 0.4) is 0 Å². The molecule has 11 rings (SSSR count). The van der Waals surface area contributed by atoms with Gasteiger partial charge in [-0.2, -0.15) is 0 Å². The lowest BCUT2D eigenvalue weighted by Gasteiger charge is -2.27. The van der Waals surface area contributed by atoms with Gasteiger partial charge in [-0.05, 0) is 94.7 Å². The van der Waals surface area contributed by atoms with Crippen LogP contribution in [-0.4, -0.2) is 4.57 Å². The highest BCUT2D eigenvalue weighted by molar-refractivity contribution is 7.25. The predicted octanol–water partition coefficient (Wildman–Crippen LogP) is 13.3. The van der Waals surface area contributed by atoms with Gasteiger partial charge in [-0.25, -0.2) is 0 Å². The van der Waals surface area contributed by atoms with Crippen molar-refractivity contribution in [2.45, 2.75) is 6.42 Å². The molecule has 0 aliphatic heterocycles. The standard InChI is InChI=1S/C47H30N2S/c1-2-12-32(13-3-1)49-43-18-8-6-16-41(43)47-40-17-10-19-42(37(40)25-26-44(47)49)48(33-21-23-36-31(28-33)27-30-11-4-5-14-35(30)36)34-22-24-39-38-15-7-9-20-45(38)50-46(39)29-34/h1-26,28-29H,27H2. The Labute approximate surface area is 293 Å². The quantitative estimate of drug-likeness (QED) is 0.183. The maximum atomic E-state index is 2.48. The molecule has 1 aliphatic rings. The Morgan fingerprint density at radius 1 is 0.440 bits per heavy atom. The van der Waals surface area contributed by atoms with Crippen LogP contribution in [0.2, 0.25) is 0 Å². The fourth-order valence-corrected chi connectivity index (χ4v) is 9.55. The Balaban J connectivity index is 1.18. The Hall–Kier alpha value is -6.16. The van der Waals surface area contributed by atoms with Gasteiger partial charge in [-0.3, -0.25) is 0 Å². The van der Waals surface area contributed by atoms with Gasteiger partial charge in [0.2, 0.25) is 0 Å². The number of nitrogens with zero attached hydrogens (tertiary/aromatic N) is 2. The topological polar surface area (TPSA) is 8.17 Å². The molecule has 3 heteroatoms. The average Bonchev–Trinajstić information content (AvgIpc) is 3.84. The van der Waals surface area contributed by atoms with Crippen LogP contribution in [0, 0.1) is 0 Å². The maximum absolute atomic E-state index is 2.48. The molecule has 8 aromatic carbocycles. The summed E-state index contributed by atoms with van der Waals surface area (Å²) in [5.41, 5.74) is 12.6. The molecule has 0 saturated carbocycles. The normalized spacial score (nSPS) is 12.3. The molecule has 0 spiro atoms. The Bertz CT molecular complexity index is 2970. The molecule has 0 atom stereocenters. The number of hydrogen-bond donors (Lipinski definition) is 0. The van der Waals surface area contributed by atoms with Crippen LogP contribution in [0.5, 0.6) is 0 Å². The van der Waals surface area contributed by atoms with Gasteiger partial charge in [0.25, 0.3) is 0 Å². The van der Waals surface area contributed by atoms with Crippen LogP contribution in [0.25, 0.3) is 69.6 Å². The summed E-state index contributed by atoms with van der Waals surface area (Å²) in [6.45, 7) is 0. The van der Waals surface area contributed by atoms with Crippen molar-refractivity contribution in [1.29, 1.82) is 0 Å². The van der Waals surface area contributed by atoms with Crippen molar-refractivity contribution in [3.63, 3.8) is 0 Å². The van der Waals surface area contributed by atoms with Gasteiger partial charge >= 0.3 is 0 Å². The Kier molecular flexibility index (Phi) is 5.92. The number of thiophene rings is 1. The minimum atomic E-state index is 0.956. The van der Waals surface area contributed by atoms with E-state index in [0.29, 0.717) is 0 Å². The Morgan fingerprint density at radius 3 is 2.08 bits per heavy atom. The zero-order valence-electron chi connectivity index (χ0n) is 27.2. The highest BCUT2D eigenvalue weighted by Gasteiger charge is 2.23. The highest BCUT2D eigenvalue weighted by atomic mass is 32.1. The third-order valence-electron chi connectivity index (χ3n) is 10.6. The lowest BCUT2D eigenvalue weighted by molar-refractivity contribution is 1.18. The van der Waals surface area contributed by atoms with E-state index >= 15 is 0 Å². The molecule has 234 valence electrons. The predicted molar refractivity (Wildman–Crippen MR) is 214 cm³/mol. The lowest BCUT2D eigenvalue weighted by atomic mass is 10.00. The van der Waals surface area contributed by atoms with E-state index in [0.717, 1.165) is 6.42 Å². The summed E-state index contributed by atoms with van der Waals surface area (Å²) < 4.78 is 5.03. The fourth-order valence-electron chi connectivity index (χ4n) is 8.41. The van der Waals surface area contributed by atoms with Crippen LogP contribution in [0.1, 0.15) is 11.1 Å². The summed E-state index contributed by atoms with van der Waals surface area (Å²) >= 11 is 1.87. The zero-order valence-corrected chi connectivity index (χ0v) is 28.0. The summed E-state index contributed by atoms with van der Waals surface area (Å²) in [5.74, 6) is 0. The van der Waals surface area contributed by atoms with E-state index in [1.165, 1.54) is 97.8 Å². The molecule has 0 amide bonds. The molecule has 0 unspecified atom stereocenters. The molecular formula is C47H30N2S. The number of benzene rings is 8. The minimum absolute atomic E-state index is 0.956. The molecule has 0 N–H and O–H groups in total. The van der Waals surface area contributed by atoms with Crippen molar-refractivity contribution in [3.05, 3.63) is 181 Å². The van der Waals surface area contributed by atoms with Gasteiger partial charge in [0, 0.05) is 53.4 Å². The van der Waals surface area contributed by atoms with Gasteiger partial charge in [0.05, 0.1) is 16.7 Å². The van der Waals surface area contributed by atoms with E-state index in [2.05, 4.69) is 179 Å². The van der Waals surface area contributed by atoms with Gasteiger partial charge < -0.3 is 9.47 Å². The second kappa shape index (κ2) is 10.7. The average molecular weight is 655 g/mol. The van der Waals surface area contributed by atoms with E-state index in [9.17, 15) is 0 Å². The van der Waals surface area contributed by atoms with E-state index in [-0.39, 0.29) is 0 Å². The largest absolute Gasteiger partial charge is 0.310 e. The van der Waals surface area contributed by atoms with Crippen molar-refractivity contribution in [3.8, 4) is 16.8 Å². The first-order chi connectivity index (χ1) is 24.8. The molecule has 2 nitrogen and oxygen atoms in total. The van der Waals surface area contributed by atoms with E-state index in [4.69, 9.17) is 0 Å². The van der Waals surface area contributed by atoms with Crippen LogP contribution in [0.4, 0.5) is 17.1 Å². The lowest BCUT2D eigenvalue weighted by Crippen LogP contribution is -2.11. The van der Waals surface area contributed by atoms with Gasteiger partial charge in [0.15, 0.2) is 0 Å². The third-order valence-corrected chi connectivity index (χ3v) is 11.7. The molecule has 10 aromatic rings. The number of rotatable bonds is 4. The van der Waals surface area contributed by atoms with Crippen LogP contribution in [-0.2, 0) is 6.42 Å². The number of aromatic nitrogens is 1. The monoisotopic (exact) mass is 654 g/mol. The van der Waals surface area contributed by atoms with E-state index < -0.39 is 0 Å². The smallest absolute Gasteiger partial charge is 0.0547 e. The van der Waals surface area contributed by atoms with E-state index in [1.54, 1.807) is 0 Å². The van der Waals surface area contributed by atoms with Crippen molar-refractivity contribution in [2.75, 3.05) is 4.90 Å². The van der Waals surface area contributed by atoms with Crippen LogP contribution >= 0.6 is 11.3 Å². The van der Waals surface area contributed by atoms with Crippen molar-refractivity contribution in [1.82, 2.24) is 4.57 Å². The maximum Gasteiger partial charge on any atom is 0.0547 e. The van der Waals surface area contributed by atoms with E-state index in [1.807, 2.05) is 11.3 Å². The summed E-state index contributed by atoms with van der Waals surface area (Å²) in [4.78, 5) is 2.48. The molecule has 2 aromatic heterocycles. The molecular weight excluding hydrogens is 625 g/mol. The van der Waals surface area contributed by atoms with Crippen molar-refractivity contribution >= 4 is 81.1 Å². The molecule has 2 heterocycles. The summed E-state index contributed by atoms with van der Waals surface area (Å²) in [6, 6.07) is 62.7. The van der Waals surface area contributed by atoms with Crippen molar-refractivity contribution in [2.24, 2.45) is 0 Å². The summed E-state index contributed by atoms with van der Waals surface area (Å²) in [5, 5.41) is 7.68. The molecule has 0 radical (unpaired) electrons. The second-order valence-corrected chi connectivity index (χ2v) is 14.4. The fraction of sp³-hybridized carbons (Fsp3) is 0.0213. The zero-order chi connectivity index (χ0) is 32.8. The first kappa shape index (κ1) is 27.8. The Morgan fingerprint density at radius 2 is 1.14 bits per heavy atom. The van der Waals surface area contributed by atoms with Gasteiger partial charge in [-0.1, -0.05) is 109 Å². The second-order valence-electron chi connectivity index (χ2n) is 13.3. The number of para-hydroxylation sites is 2. The molecule has 50 heavy (non-hydrogen) atoms. The first-order valence-corrected chi connectivity index (χ1v) is 18.0. The van der Waals surface area contributed by atoms with Crippen LogP contribution in [0.15, 0.2) is 170 Å². The van der Waals surface area contributed by atoms with Gasteiger partial charge in [-0.15, -0.1) is 11.3 Å². The third kappa shape index (κ3) is 4.01. The highest BCUT2D eigenvalue weighted by Crippen LogP contribution is 2.47. The molecule has 0 saturated heterocycles. The number of hydrogen-bond acceptors (Lipinski definition) is 2.